The Morgan fingerprint density at radius 3 is 2.92 bits per heavy atom. The number of thioether (sulfide) groups is 2. The number of benzene rings is 1. The van der Waals surface area contributed by atoms with Crippen molar-refractivity contribution >= 4 is 47.0 Å². The van der Waals surface area contributed by atoms with Crippen LogP contribution in [0.25, 0.3) is 0 Å². The maximum atomic E-state index is 13.1. The number of oxime groups is 1. The Morgan fingerprint density at radius 2 is 2.25 bits per heavy atom. The highest BCUT2D eigenvalue weighted by molar-refractivity contribution is 8.01. The number of phenolic OH excluding ortho intramolecular Hbond substituents is 1. The standard InChI is InChI=1S/C21H21N7O6S2/c1-3-7-34-24-14(11-5-4-6-13(29)8-11)17(30)22-15-18(31)28-16(20(32)33)12(9-35-19(15)28)10-36-21-23-25-26-27(21)2/h3-6,8,15,19,29H,1,7,9-10H2,2H3,(H,22,30)(H,32,33)/t15?,19-/m1/s1. The number of rotatable bonds is 10. The number of β-lactam (4-membered cyclic amide) rings is 1. The highest BCUT2D eigenvalue weighted by Crippen LogP contribution is 2.41. The number of hydrogen-bond donors (Lipinski definition) is 3. The molecule has 1 fully saturated rings. The molecule has 1 unspecified atom stereocenters. The topological polar surface area (TPSA) is 172 Å². The van der Waals surface area contributed by atoms with E-state index >= 15 is 0 Å². The number of hydrogen-bond acceptors (Lipinski definition) is 11. The molecule has 2 aliphatic rings. The van der Waals surface area contributed by atoms with Gasteiger partial charge < -0.3 is 20.4 Å². The van der Waals surface area contributed by atoms with E-state index in [4.69, 9.17) is 4.84 Å². The van der Waals surface area contributed by atoms with Gasteiger partial charge in [0.2, 0.25) is 5.16 Å². The van der Waals surface area contributed by atoms with Gasteiger partial charge in [0.05, 0.1) is 0 Å². The predicted octanol–water partition coefficient (Wildman–Crippen LogP) is 0.353. The summed E-state index contributed by atoms with van der Waals surface area (Å²) in [6.45, 7) is 3.57. The first-order valence-electron chi connectivity index (χ1n) is 10.5. The zero-order valence-corrected chi connectivity index (χ0v) is 20.5. The van der Waals surface area contributed by atoms with Gasteiger partial charge in [-0.25, -0.2) is 9.48 Å². The first kappa shape index (κ1) is 25.2. The SMILES string of the molecule is C=CCON=C(C(=O)NC1C(=O)N2C(C(=O)O)=C(CSc3nnnn3C)CS[C@H]12)c1cccc(O)c1. The molecule has 3 N–H and O–H groups in total. The molecule has 0 aliphatic carbocycles. The lowest BCUT2D eigenvalue weighted by Gasteiger charge is -2.49. The Hall–Kier alpha value is -3.85. The van der Waals surface area contributed by atoms with Crippen LogP contribution in [-0.2, 0) is 26.3 Å². The second-order valence-electron chi connectivity index (χ2n) is 7.57. The Balaban J connectivity index is 1.51. The van der Waals surface area contributed by atoms with Crippen LogP contribution in [-0.4, -0.2) is 88.3 Å². The number of aromatic nitrogens is 4. The van der Waals surface area contributed by atoms with Gasteiger partial charge in [0, 0.05) is 24.1 Å². The Bertz CT molecular complexity index is 1280. The number of carboxylic acids is 1. The largest absolute Gasteiger partial charge is 0.508 e. The fourth-order valence-electron chi connectivity index (χ4n) is 3.53. The molecule has 0 radical (unpaired) electrons. The van der Waals surface area contributed by atoms with Crippen molar-refractivity contribution in [3.63, 3.8) is 0 Å². The molecule has 15 heteroatoms. The zero-order chi connectivity index (χ0) is 25.8. The Labute approximate surface area is 213 Å². The average molecular weight is 532 g/mol. The second-order valence-corrected chi connectivity index (χ2v) is 9.61. The third kappa shape index (κ3) is 5.06. The number of carbonyl (C=O) groups excluding carboxylic acids is 2. The molecule has 0 bridgehead atoms. The Morgan fingerprint density at radius 1 is 1.44 bits per heavy atom. The van der Waals surface area contributed by atoms with Gasteiger partial charge in [0.15, 0.2) is 5.71 Å². The van der Waals surface area contributed by atoms with Crippen molar-refractivity contribution in [3.05, 3.63) is 53.8 Å². The van der Waals surface area contributed by atoms with E-state index in [1.807, 2.05) is 0 Å². The number of nitrogens with one attached hydrogen (secondary N) is 1. The number of fused-ring (bicyclic) bond motifs is 1. The molecule has 3 heterocycles. The highest BCUT2D eigenvalue weighted by atomic mass is 32.2. The van der Waals surface area contributed by atoms with Crippen LogP contribution in [0.5, 0.6) is 5.75 Å². The van der Waals surface area contributed by atoms with Gasteiger partial charge in [-0.2, -0.15) is 0 Å². The van der Waals surface area contributed by atoms with Crippen LogP contribution in [0.1, 0.15) is 5.56 Å². The number of carboxylic acid groups (broad SMARTS) is 1. The number of amides is 2. The van der Waals surface area contributed by atoms with E-state index in [0.717, 1.165) is 0 Å². The maximum Gasteiger partial charge on any atom is 0.352 e. The number of nitrogens with zero attached hydrogens (tertiary/aromatic N) is 6. The number of aromatic hydroxyl groups is 1. The number of phenols is 1. The lowest BCUT2D eigenvalue weighted by Crippen LogP contribution is -2.71. The van der Waals surface area contributed by atoms with E-state index in [1.165, 1.54) is 57.4 Å². The van der Waals surface area contributed by atoms with Crippen LogP contribution >= 0.6 is 23.5 Å². The van der Waals surface area contributed by atoms with Crippen LogP contribution in [0.2, 0.25) is 0 Å². The summed E-state index contributed by atoms with van der Waals surface area (Å²) in [6, 6.07) is 4.90. The van der Waals surface area contributed by atoms with E-state index in [0.29, 0.717) is 16.5 Å². The van der Waals surface area contributed by atoms with E-state index in [1.54, 1.807) is 13.1 Å². The molecular formula is C21H21N7O6S2. The molecule has 2 atom stereocenters. The molecular weight excluding hydrogens is 510 g/mol. The highest BCUT2D eigenvalue weighted by Gasteiger charge is 2.54. The summed E-state index contributed by atoms with van der Waals surface area (Å²) in [5.74, 6) is -1.94. The van der Waals surface area contributed by atoms with Gasteiger partial charge in [-0.05, 0) is 28.1 Å². The molecule has 188 valence electrons. The molecule has 1 aromatic carbocycles. The van der Waals surface area contributed by atoms with E-state index in [-0.39, 0.29) is 35.1 Å². The van der Waals surface area contributed by atoms with Crippen molar-refractivity contribution in [2.75, 3.05) is 18.1 Å². The van der Waals surface area contributed by atoms with Crippen LogP contribution in [0.3, 0.4) is 0 Å². The minimum absolute atomic E-state index is 0.0438. The Kier molecular flexibility index (Phi) is 7.59. The molecule has 0 saturated carbocycles. The summed E-state index contributed by atoms with van der Waals surface area (Å²) in [4.78, 5) is 44.4. The molecule has 2 amide bonds. The van der Waals surface area contributed by atoms with Crippen LogP contribution in [0, 0.1) is 0 Å². The number of tetrazole rings is 1. The summed E-state index contributed by atoms with van der Waals surface area (Å²) in [5, 5.41) is 37.2. The van der Waals surface area contributed by atoms with Gasteiger partial charge >= 0.3 is 5.97 Å². The van der Waals surface area contributed by atoms with Gasteiger partial charge in [-0.1, -0.05) is 41.7 Å². The zero-order valence-electron chi connectivity index (χ0n) is 18.9. The molecule has 0 spiro atoms. The average Bonchev–Trinajstić information content (AvgIpc) is 3.27. The third-order valence-corrected chi connectivity index (χ3v) is 7.61. The van der Waals surface area contributed by atoms with Crippen molar-refractivity contribution in [1.29, 1.82) is 0 Å². The predicted molar refractivity (Wildman–Crippen MR) is 130 cm³/mol. The smallest absolute Gasteiger partial charge is 0.352 e. The third-order valence-electron chi connectivity index (χ3n) is 5.18. The summed E-state index contributed by atoms with van der Waals surface area (Å²) in [7, 11) is 1.67. The molecule has 4 rings (SSSR count). The summed E-state index contributed by atoms with van der Waals surface area (Å²) in [6.07, 6.45) is 1.45. The van der Waals surface area contributed by atoms with Crippen molar-refractivity contribution in [3.8, 4) is 5.75 Å². The van der Waals surface area contributed by atoms with Crippen molar-refractivity contribution in [1.82, 2.24) is 30.4 Å². The fraction of sp³-hybridized carbons (Fsp3) is 0.286. The molecule has 13 nitrogen and oxygen atoms in total. The number of aliphatic carboxylic acids is 1. The van der Waals surface area contributed by atoms with E-state index in [9.17, 15) is 24.6 Å². The fourth-order valence-corrected chi connectivity index (χ4v) is 5.87. The van der Waals surface area contributed by atoms with Crippen molar-refractivity contribution in [2.24, 2.45) is 12.2 Å². The van der Waals surface area contributed by atoms with E-state index < -0.39 is 29.2 Å². The minimum atomic E-state index is -1.23. The van der Waals surface area contributed by atoms with Gasteiger partial charge in [0.25, 0.3) is 11.8 Å². The van der Waals surface area contributed by atoms with Crippen molar-refractivity contribution < 1.29 is 29.4 Å². The lowest BCUT2D eigenvalue weighted by molar-refractivity contribution is -0.150. The van der Waals surface area contributed by atoms with Crippen molar-refractivity contribution in [2.45, 2.75) is 16.6 Å². The monoisotopic (exact) mass is 531 g/mol. The molecule has 1 saturated heterocycles. The van der Waals surface area contributed by atoms with Crippen LogP contribution in [0.15, 0.2) is 58.5 Å². The number of aryl methyl sites for hydroxylation is 1. The van der Waals surface area contributed by atoms with Crippen LogP contribution < -0.4 is 5.32 Å². The summed E-state index contributed by atoms with van der Waals surface area (Å²) < 4.78 is 1.47. The normalized spacial score (nSPS) is 19.4. The lowest BCUT2D eigenvalue weighted by atomic mass is 10.0. The first-order chi connectivity index (χ1) is 17.3. The van der Waals surface area contributed by atoms with E-state index in [2.05, 4.69) is 32.6 Å². The quantitative estimate of drug-likeness (QED) is 0.0964. The van der Waals surface area contributed by atoms with Crippen LogP contribution in [0.4, 0.5) is 0 Å². The maximum absolute atomic E-state index is 13.1. The minimum Gasteiger partial charge on any atom is -0.508 e. The second kappa shape index (κ2) is 10.8. The number of carbonyl (C=O) groups is 3. The first-order valence-corrected chi connectivity index (χ1v) is 12.5. The molecule has 36 heavy (non-hydrogen) atoms. The summed E-state index contributed by atoms with van der Waals surface area (Å²) in [5.41, 5.74) is 0.575. The summed E-state index contributed by atoms with van der Waals surface area (Å²) >= 11 is 2.60. The molecule has 1 aromatic heterocycles. The van der Waals surface area contributed by atoms with Gasteiger partial charge in [0.1, 0.15) is 29.5 Å². The molecule has 2 aromatic rings. The van der Waals surface area contributed by atoms with Gasteiger partial charge in [-0.3, -0.25) is 14.5 Å². The van der Waals surface area contributed by atoms with Gasteiger partial charge in [-0.15, -0.1) is 16.9 Å². The molecule has 2 aliphatic heterocycles.